The summed E-state index contributed by atoms with van der Waals surface area (Å²) in [5.74, 6) is 4.09. The molecule has 0 aliphatic heterocycles. The molecule has 2 heterocycles. The molecule has 4 aromatic carbocycles. The van der Waals surface area contributed by atoms with Crippen molar-refractivity contribution in [2.45, 2.75) is 28.7 Å². The van der Waals surface area contributed by atoms with Crippen LogP contribution >= 0.6 is 0 Å². The predicted molar refractivity (Wildman–Crippen MR) is 184 cm³/mol. The van der Waals surface area contributed by atoms with E-state index in [4.69, 9.17) is 4.74 Å². The van der Waals surface area contributed by atoms with Crippen LogP contribution in [0.2, 0.25) is 0 Å². The number of alkyl halides is 1. The second kappa shape index (κ2) is 15.4. The molecule has 0 spiro atoms. The Morgan fingerprint density at radius 1 is 0.622 bits per heavy atom. The van der Waals surface area contributed by atoms with Crippen molar-refractivity contribution in [3.05, 3.63) is 109 Å². The Bertz CT molecular complexity index is 1830. The number of phenolic OH excluding ortho intramolecular Hbond substituents is 1. The third-order valence-electron chi connectivity index (χ3n) is 6.83. The van der Waals surface area contributed by atoms with Crippen molar-refractivity contribution in [1.29, 1.82) is 0 Å². The number of aromatic hydroxyl groups is 1. The van der Waals surface area contributed by atoms with Crippen LogP contribution in [0.1, 0.15) is 26.5 Å². The van der Waals surface area contributed by atoms with Crippen molar-refractivity contribution in [3.8, 4) is 11.5 Å². The standard InChI is InChI=1S/C18H18FN3O.C16H15N3O.2CH4/c1-13-20-17-6-4-3-5-16(17)18(21-13)22(2)14-7-9-15(10-8-14)23-12-11-19;1-11-17-15-6-4-3-5-14(15)16(18-11)19(2)12-7-9-13(20)10-8-12;;/h3-10H,11-12H2,1-2H3;3-10,20H,1-2H3;2*1H4/i19-1;;;. The van der Waals surface area contributed by atoms with Crippen LogP contribution in [-0.2, 0) is 0 Å². The molecule has 9 heteroatoms. The lowest BCUT2D eigenvalue weighted by molar-refractivity contribution is 0.273. The molecule has 6 rings (SSSR count). The van der Waals surface area contributed by atoms with E-state index in [9.17, 15) is 9.50 Å². The minimum atomic E-state index is -0.492. The van der Waals surface area contributed by atoms with Gasteiger partial charge < -0.3 is 19.6 Å². The van der Waals surface area contributed by atoms with Gasteiger partial charge in [-0.15, -0.1) is 0 Å². The second-order valence-corrected chi connectivity index (χ2v) is 9.89. The van der Waals surface area contributed by atoms with Crippen molar-refractivity contribution in [2.24, 2.45) is 0 Å². The minimum absolute atomic E-state index is 0. The van der Waals surface area contributed by atoms with Gasteiger partial charge in [-0.05, 0) is 86.6 Å². The summed E-state index contributed by atoms with van der Waals surface area (Å²) in [6.07, 6.45) is 0. The van der Waals surface area contributed by atoms with Crippen molar-refractivity contribution in [1.82, 2.24) is 19.9 Å². The molecular formula is C36H41FN6O2. The van der Waals surface area contributed by atoms with Gasteiger partial charge in [-0.1, -0.05) is 39.1 Å². The molecule has 1 N–H and O–H groups in total. The van der Waals surface area contributed by atoms with Crippen molar-refractivity contribution in [2.75, 3.05) is 37.2 Å². The van der Waals surface area contributed by atoms with Gasteiger partial charge in [0.05, 0.1) is 11.0 Å². The van der Waals surface area contributed by atoms with Gasteiger partial charge in [-0.3, -0.25) is 0 Å². The lowest BCUT2D eigenvalue weighted by Crippen LogP contribution is -2.13. The van der Waals surface area contributed by atoms with Crippen molar-refractivity contribution < 1.29 is 14.2 Å². The first-order valence-corrected chi connectivity index (χ1v) is 13.9. The van der Waals surface area contributed by atoms with E-state index in [1.807, 2.05) is 123 Å². The maximum atomic E-state index is 12.1. The molecule has 0 unspecified atom stereocenters. The first-order valence-electron chi connectivity index (χ1n) is 13.9. The number of benzene rings is 4. The second-order valence-electron chi connectivity index (χ2n) is 9.89. The lowest BCUT2D eigenvalue weighted by Gasteiger charge is -2.20. The van der Waals surface area contributed by atoms with E-state index >= 15 is 0 Å². The molecule has 0 aliphatic rings. The monoisotopic (exact) mass is 607 g/mol. The topological polar surface area (TPSA) is 87.5 Å². The van der Waals surface area contributed by atoms with E-state index in [0.717, 1.165) is 56.5 Å². The molecular weight excluding hydrogens is 566 g/mol. The van der Waals surface area contributed by atoms with Crippen LogP contribution in [0.3, 0.4) is 0 Å². The maximum Gasteiger partial charge on any atom is 0.144 e. The third kappa shape index (κ3) is 8.00. The zero-order valence-electron chi connectivity index (χ0n) is 24.6. The summed E-state index contributed by atoms with van der Waals surface area (Å²) < 4.78 is 17.4. The Kier molecular flexibility index (Phi) is 11.7. The molecule has 0 bridgehead atoms. The smallest absolute Gasteiger partial charge is 0.144 e. The zero-order valence-corrected chi connectivity index (χ0v) is 24.6. The first-order chi connectivity index (χ1) is 20.8. The highest BCUT2D eigenvalue weighted by molar-refractivity contribution is 5.92. The van der Waals surface area contributed by atoms with Gasteiger partial charge in [0.2, 0.25) is 0 Å². The van der Waals surface area contributed by atoms with E-state index < -0.39 is 6.67 Å². The molecule has 8 nitrogen and oxygen atoms in total. The van der Waals surface area contributed by atoms with E-state index in [2.05, 4.69) is 19.9 Å². The average molecular weight is 608 g/mol. The Hall–Kier alpha value is -5.31. The fourth-order valence-electron chi connectivity index (χ4n) is 4.70. The molecule has 0 saturated carbocycles. The highest BCUT2D eigenvalue weighted by Gasteiger charge is 2.13. The van der Waals surface area contributed by atoms with Gasteiger partial charge in [0.15, 0.2) is 0 Å². The minimum Gasteiger partial charge on any atom is -0.508 e. The number of halogens is 1. The summed E-state index contributed by atoms with van der Waals surface area (Å²) >= 11 is 0. The van der Waals surface area contributed by atoms with Crippen molar-refractivity contribution in [3.63, 3.8) is 0 Å². The number of anilines is 4. The van der Waals surface area contributed by atoms with Gasteiger partial charge >= 0.3 is 0 Å². The van der Waals surface area contributed by atoms with Crippen LogP contribution in [0.4, 0.5) is 27.4 Å². The normalized spacial score (nSPS) is 10.2. The Morgan fingerprint density at radius 3 is 1.49 bits per heavy atom. The molecule has 234 valence electrons. The molecule has 6 aromatic rings. The summed E-state index contributed by atoms with van der Waals surface area (Å²) in [5.41, 5.74) is 3.79. The first kappa shape index (κ1) is 34.2. The summed E-state index contributed by atoms with van der Waals surface area (Å²) in [6.45, 7) is 3.36. The molecule has 0 amide bonds. The molecule has 0 fully saturated rings. The van der Waals surface area contributed by atoms with Gasteiger partial charge in [0.1, 0.15) is 48.1 Å². The Balaban J connectivity index is 0.000000237. The summed E-state index contributed by atoms with van der Waals surface area (Å²) in [7, 11) is 3.92. The highest BCUT2D eigenvalue weighted by atomic mass is 18.2. The van der Waals surface area contributed by atoms with Crippen LogP contribution < -0.4 is 14.5 Å². The molecule has 0 aliphatic carbocycles. The lowest BCUT2D eigenvalue weighted by atomic mass is 10.2. The highest BCUT2D eigenvalue weighted by Crippen LogP contribution is 2.31. The van der Waals surface area contributed by atoms with Crippen LogP contribution in [0.5, 0.6) is 11.5 Å². The van der Waals surface area contributed by atoms with Gasteiger partial charge in [-0.25, -0.2) is 24.3 Å². The van der Waals surface area contributed by atoms with Crippen LogP contribution in [0, 0.1) is 13.8 Å². The number of aromatic nitrogens is 4. The third-order valence-corrected chi connectivity index (χ3v) is 6.83. The largest absolute Gasteiger partial charge is 0.508 e. The fourth-order valence-corrected chi connectivity index (χ4v) is 4.70. The molecule has 0 atom stereocenters. The number of hydrogen-bond acceptors (Lipinski definition) is 8. The van der Waals surface area contributed by atoms with Gasteiger partial charge in [0, 0.05) is 36.2 Å². The fraction of sp³-hybridized carbons (Fsp3) is 0.222. The number of fused-ring (bicyclic) bond motifs is 2. The van der Waals surface area contributed by atoms with E-state index in [1.165, 1.54) is 0 Å². The van der Waals surface area contributed by atoms with E-state index in [0.29, 0.717) is 5.75 Å². The SMILES string of the molecule is C.C.Cc1nc(N(C)c2ccc(O)cc2)c2ccccc2n1.Cc1nc(N(C)c2ccc(OCC[18F])cc2)c2ccccc2n1. The molecule has 0 saturated heterocycles. The average Bonchev–Trinajstić information content (AvgIpc) is 3.03. The van der Waals surface area contributed by atoms with Gasteiger partial charge in [-0.2, -0.15) is 0 Å². The molecule has 2 aromatic heterocycles. The van der Waals surface area contributed by atoms with Crippen molar-refractivity contribution >= 4 is 44.8 Å². The van der Waals surface area contributed by atoms with Crippen LogP contribution in [0.25, 0.3) is 21.8 Å². The molecule has 0 radical (unpaired) electrons. The predicted octanol–water partition coefficient (Wildman–Crippen LogP) is 8.74. The summed E-state index contributed by atoms with van der Waals surface area (Å²) in [5, 5.41) is 11.4. The number of hydrogen-bond donors (Lipinski definition) is 1. The van der Waals surface area contributed by atoms with Crippen LogP contribution in [-0.4, -0.2) is 52.4 Å². The van der Waals surface area contributed by atoms with Crippen LogP contribution in [0.15, 0.2) is 97.1 Å². The Labute approximate surface area is 264 Å². The number of ether oxygens (including phenoxy) is 1. The number of nitrogens with zero attached hydrogens (tertiary/aromatic N) is 6. The maximum absolute atomic E-state index is 12.1. The molecule has 45 heavy (non-hydrogen) atoms. The van der Waals surface area contributed by atoms with E-state index in [1.54, 1.807) is 12.1 Å². The number of aryl methyl sites for hydroxylation is 2. The van der Waals surface area contributed by atoms with Gasteiger partial charge in [0.25, 0.3) is 0 Å². The Morgan fingerprint density at radius 2 is 1.04 bits per heavy atom. The summed E-state index contributed by atoms with van der Waals surface area (Å²) in [4.78, 5) is 22.1. The quantitative estimate of drug-likeness (QED) is 0.193. The zero-order chi connectivity index (χ0) is 30.3. The summed E-state index contributed by atoms with van der Waals surface area (Å²) in [6, 6.07) is 30.5. The number of para-hydroxylation sites is 2. The number of rotatable bonds is 7. The number of phenols is 1. The van der Waals surface area contributed by atoms with E-state index in [-0.39, 0.29) is 27.2 Å².